The van der Waals surface area contributed by atoms with Crippen LogP contribution in [0.5, 0.6) is 0 Å². The SMILES string of the molecule is CN(CC(=O)Nc1ccccc1)C(=O)C1CCN(c2ccc(C(F)(F)F)cc2[N+](=O)[O-])CC1. The fourth-order valence-corrected chi connectivity index (χ4v) is 3.81. The zero-order valence-electron chi connectivity index (χ0n) is 17.8. The van der Waals surface area contributed by atoms with Crippen LogP contribution in [0.3, 0.4) is 0 Å². The molecule has 176 valence electrons. The lowest BCUT2D eigenvalue weighted by molar-refractivity contribution is -0.384. The van der Waals surface area contributed by atoms with Crippen molar-refractivity contribution in [2.75, 3.05) is 36.9 Å². The number of likely N-dealkylation sites (N-methyl/N-ethyl adjacent to an activating group) is 1. The lowest BCUT2D eigenvalue weighted by Crippen LogP contribution is -2.43. The second-order valence-electron chi connectivity index (χ2n) is 7.83. The maximum Gasteiger partial charge on any atom is 0.416 e. The molecule has 1 saturated heterocycles. The first-order chi connectivity index (χ1) is 15.6. The summed E-state index contributed by atoms with van der Waals surface area (Å²) in [6.45, 7) is 0.414. The number of anilines is 2. The molecule has 1 N–H and O–H groups in total. The van der Waals surface area contributed by atoms with Gasteiger partial charge in [-0.3, -0.25) is 19.7 Å². The molecule has 11 heteroatoms. The summed E-state index contributed by atoms with van der Waals surface area (Å²) in [5.41, 5.74) is -0.994. The van der Waals surface area contributed by atoms with E-state index in [0.29, 0.717) is 24.6 Å². The van der Waals surface area contributed by atoms with Crippen molar-refractivity contribution in [3.05, 3.63) is 64.2 Å². The number of carbonyl (C=O) groups is 2. The molecular weight excluding hydrogens is 441 g/mol. The lowest BCUT2D eigenvalue weighted by atomic mass is 9.94. The van der Waals surface area contributed by atoms with Gasteiger partial charge in [0, 0.05) is 37.8 Å². The number of nitrogens with one attached hydrogen (secondary N) is 1. The summed E-state index contributed by atoms with van der Waals surface area (Å²) in [7, 11) is 1.53. The van der Waals surface area contributed by atoms with E-state index >= 15 is 0 Å². The number of hydrogen-bond donors (Lipinski definition) is 1. The van der Waals surface area contributed by atoms with Gasteiger partial charge in [0.1, 0.15) is 5.69 Å². The molecule has 0 bridgehead atoms. The summed E-state index contributed by atoms with van der Waals surface area (Å²) in [5, 5.41) is 14.1. The van der Waals surface area contributed by atoms with Gasteiger partial charge in [0.25, 0.3) is 5.69 Å². The average molecular weight is 464 g/mol. The highest BCUT2D eigenvalue weighted by Gasteiger charge is 2.35. The van der Waals surface area contributed by atoms with E-state index in [9.17, 15) is 32.9 Å². The van der Waals surface area contributed by atoms with Gasteiger partial charge in [-0.1, -0.05) is 18.2 Å². The number of halogens is 3. The van der Waals surface area contributed by atoms with Gasteiger partial charge in [0.05, 0.1) is 17.0 Å². The van der Waals surface area contributed by atoms with Crippen LogP contribution >= 0.6 is 0 Å². The van der Waals surface area contributed by atoms with E-state index in [-0.39, 0.29) is 43.1 Å². The van der Waals surface area contributed by atoms with Crippen molar-refractivity contribution in [1.82, 2.24) is 4.90 Å². The molecule has 0 atom stereocenters. The number of carbonyl (C=O) groups excluding carboxylic acids is 2. The first kappa shape index (κ1) is 24.0. The van der Waals surface area contributed by atoms with Crippen LogP contribution in [-0.4, -0.2) is 48.3 Å². The van der Waals surface area contributed by atoms with Gasteiger partial charge in [-0.2, -0.15) is 13.2 Å². The van der Waals surface area contributed by atoms with Crippen LogP contribution in [0.15, 0.2) is 48.5 Å². The number of amides is 2. The zero-order chi connectivity index (χ0) is 24.2. The number of nitro benzene ring substituents is 1. The Bertz CT molecular complexity index is 1020. The van der Waals surface area contributed by atoms with Gasteiger partial charge in [-0.05, 0) is 37.1 Å². The van der Waals surface area contributed by atoms with Gasteiger partial charge in [0.15, 0.2) is 0 Å². The van der Waals surface area contributed by atoms with Gasteiger partial charge in [-0.15, -0.1) is 0 Å². The largest absolute Gasteiger partial charge is 0.416 e. The number of rotatable bonds is 6. The summed E-state index contributed by atoms with van der Waals surface area (Å²) in [4.78, 5) is 38.4. The molecule has 0 saturated carbocycles. The van der Waals surface area contributed by atoms with Crippen LogP contribution < -0.4 is 10.2 Å². The smallest absolute Gasteiger partial charge is 0.366 e. The summed E-state index contributed by atoms with van der Waals surface area (Å²) >= 11 is 0. The maximum atomic E-state index is 12.9. The maximum absolute atomic E-state index is 12.9. The molecule has 1 aliphatic rings. The number of benzene rings is 2. The predicted octanol–water partition coefficient (Wildman–Crippen LogP) is 3.93. The molecule has 1 heterocycles. The third-order valence-electron chi connectivity index (χ3n) is 5.50. The number of nitro groups is 1. The number of piperidine rings is 1. The van der Waals surface area contributed by atoms with Crippen LogP contribution in [0.2, 0.25) is 0 Å². The number of nitrogens with zero attached hydrogens (tertiary/aromatic N) is 3. The van der Waals surface area contributed by atoms with Crippen molar-refractivity contribution in [1.29, 1.82) is 0 Å². The van der Waals surface area contributed by atoms with Gasteiger partial charge in [0.2, 0.25) is 11.8 Å². The van der Waals surface area contributed by atoms with Crippen molar-refractivity contribution in [2.24, 2.45) is 5.92 Å². The van der Waals surface area contributed by atoms with Crippen molar-refractivity contribution in [3.63, 3.8) is 0 Å². The molecular formula is C22H23F3N4O4. The number of hydrogen-bond acceptors (Lipinski definition) is 5. The van der Waals surface area contributed by atoms with E-state index in [1.54, 1.807) is 29.2 Å². The topological polar surface area (TPSA) is 95.8 Å². The predicted molar refractivity (Wildman–Crippen MR) is 116 cm³/mol. The van der Waals surface area contributed by atoms with E-state index < -0.39 is 22.4 Å². The molecule has 8 nitrogen and oxygen atoms in total. The van der Waals surface area contributed by atoms with E-state index in [4.69, 9.17) is 0 Å². The molecule has 1 aliphatic heterocycles. The van der Waals surface area contributed by atoms with Crippen molar-refractivity contribution in [3.8, 4) is 0 Å². The Morgan fingerprint density at radius 1 is 1.15 bits per heavy atom. The first-order valence-electron chi connectivity index (χ1n) is 10.3. The Balaban J connectivity index is 1.59. The molecule has 0 aliphatic carbocycles. The molecule has 0 aromatic heterocycles. The van der Waals surface area contributed by atoms with Crippen molar-refractivity contribution < 1.29 is 27.7 Å². The normalized spacial score (nSPS) is 14.6. The van der Waals surface area contributed by atoms with Crippen molar-refractivity contribution in [2.45, 2.75) is 19.0 Å². The van der Waals surface area contributed by atoms with Crippen LogP contribution in [0.25, 0.3) is 0 Å². The quantitative estimate of drug-likeness (QED) is 0.516. The fourth-order valence-electron chi connectivity index (χ4n) is 3.81. The van der Waals surface area contributed by atoms with Gasteiger partial charge >= 0.3 is 6.18 Å². The van der Waals surface area contributed by atoms with Crippen molar-refractivity contribution >= 4 is 28.9 Å². The standard InChI is InChI=1S/C22H23F3N4O4/c1-27(14-20(30)26-17-5-3-2-4-6-17)21(31)15-9-11-28(12-10-15)18-8-7-16(22(23,24)25)13-19(18)29(32)33/h2-8,13,15H,9-12,14H2,1H3,(H,26,30). The Morgan fingerprint density at radius 2 is 1.79 bits per heavy atom. The highest BCUT2D eigenvalue weighted by Crippen LogP contribution is 2.37. The van der Waals surface area contributed by atoms with Crippen LogP contribution in [0, 0.1) is 16.0 Å². The summed E-state index contributed by atoms with van der Waals surface area (Å²) in [5.74, 6) is -0.945. The van der Waals surface area contributed by atoms with Crippen LogP contribution in [0.1, 0.15) is 18.4 Å². The monoisotopic (exact) mass is 464 g/mol. The molecule has 0 radical (unpaired) electrons. The Kier molecular flexibility index (Phi) is 7.19. The van der Waals surface area contributed by atoms with Gasteiger partial charge < -0.3 is 15.1 Å². The highest BCUT2D eigenvalue weighted by molar-refractivity contribution is 5.94. The summed E-state index contributed by atoms with van der Waals surface area (Å²) < 4.78 is 38.8. The van der Waals surface area contributed by atoms with E-state index in [1.165, 1.54) is 11.9 Å². The zero-order valence-corrected chi connectivity index (χ0v) is 17.8. The minimum Gasteiger partial charge on any atom is -0.366 e. The number of para-hydroxylation sites is 1. The molecule has 33 heavy (non-hydrogen) atoms. The third-order valence-corrected chi connectivity index (χ3v) is 5.50. The molecule has 2 amide bonds. The molecule has 2 aromatic rings. The van der Waals surface area contributed by atoms with E-state index in [1.807, 2.05) is 6.07 Å². The van der Waals surface area contributed by atoms with E-state index in [2.05, 4.69) is 5.32 Å². The Morgan fingerprint density at radius 3 is 2.36 bits per heavy atom. The first-order valence-corrected chi connectivity index (χ1v) is 10.3. The van der Waals surface area contributed by atoms with Gasteiger partial charge in [-0.25, -0.2) is 0 Å². The second-order valence-corrected chi connectivity index (χ2v) is 7.83. The highest BCUT2D eigenvalue weighted by atomic mass is 19.4. The minimum atomic E-state index is -4.68. The van der Waals surface area contributed by atoms with Crippen LogP contribution in [0.4, 0.5) is 30.2 Å². The summed E-state index contributed by atoms with van der Waals surface area (Å²) in [6, 6.07) is 11.3. The van der Waals surface area contributed by atoms with E-state index in [0.717, 1.165) is 12.1 Å². The molecule has 2 aromatic carbocycles. The Labute approximate surface area is 188 Å². The second kappa shape index (κ2) is 9.88. The van der Waals surface area contributed by atoms with Crippen LogP contribution in [-0.2, 0) is 15.8 Å². The molecule has 0 spiro atoms. The third kappa shape index (κ3) is 5.99. The molecule has 1 fully saturated rings. The average Bonchev–Trinajstić information content (AvgIpc) is 2.78. The minimum absolute atomic E-state index is 0.0921. The number of alkyl halides is 3. The fraction of sp³-hybridized carbons (Fsp3) is 0.364. The lowest BCUT2D eigenvalue weighted by Gasteiger charge is -2.34. The molecule has 0 unspecified atom stereocenters. The summed E-state index contributed by atoms with van der Waals surface area (Å²) in [6.07, 6.45) is -3.95. The Hall–Kier alpha value is -3.63. The molecule has 3 rings (SSSR count).